The summed E-state index contributed by atoms with van der Waals surface area (Å²) in [4.78, 5) is 18.2. The predicted octanol–water partition coefficient (Wildman–Crippen LogP) is 3.88. The third-order valence-corrected chi connectivity index (χ3v) is 6.90. The largest absolute Gasteiger partial charge is 0.455 e. The molecule has 2 heterocycles. The lowest BCUT2D eigenvalue weighted by Crippen LogP contribution is -2.23. The molecule has 3 rings (SSSR count). The number of aromatic nitrogens is 1. The highest BCUT2D eigenvalue weighted by Crippen LogP contribution is 2.25. The number of ether oxygens (including phenoxy) is 1. The molecule has 29 heavy (non-hydrogen) atoms. The van der Waals surface area contributed by atoms with Gasteiger partial charge in [-0.2, -0.15) is 0 Å². The Labute approximate surface area is 178 Å². The van der Waals surface area contributed by atoms with Crippen LogP contribution in [0.15, 0.2) is 41.8 Å². The molecule has 2 aromatic heterocycles. The molecule has 0 radical (unpaired) electrons. The topological polar surface area (TPSA) is 85.4 Å². The van der Waals surface area contributed by atoms with E-state index >= 15 is 0 Å². The maximum absolute atomic E-state index is 12.3. The fourth-order valence-corrected chi connectivity index (χ4v) is 4.77. The first-order valence-electron chi connectivity index (χ1n) is 9.08. The number of carbonyl (C=O) groups is 1. The van der Waals surface area contributed by atoms with Crippen LogP contribution in [0.1, 0.15) is 32.7 Å². The number of hydrogen-bond acceptors (Lipinski definition) is 7. The number of thiophene rings is 1. The van der Waals surface area contributed by atoms with Crippen LogP contribution in [-0.4, -0.2) is 32.2 Å². The van der Waals surface area contributed by atoms with Crippen molar-refractivity contribution in [1.29, 1.82) is 0 Å². The van der Waals surface area contributed by atoms with Crippen LogP contribution in [-0.2, 0) is 34.2 Å². The Balaban J connectivity index is 1.52. The highest BCUT2D eigenvalue weighted by Gasteiger charge is 2.13. The summed E-state index contributed by atoms with van der Waals surface area (Å²) in [5, 5.41) is 2.79. The van der Waals surface area contributed by atoms with Crippen LogP contribution in [0.3, 0.4) is 0 Å². The van der Waals surface area contributed by atoms with E-state index in [1.807, 2.05) is 11.4 Å². The molecule has 0 bridgehead atoms. The molecule has 0 saturated heterocycles. The maximum Gasteiger partial charge on any atom is 0.348 e. The lowest BCUT2D eigenvalue weighted by atomic mass is 10.1. The van der Waals surface area contributed by atoms with E-state index in [1.54, 1.807) is 6.07 Å². The lowest BCUT2D eigenvalue weighted by Gasteiger charge is -2.01. The summed E-state index contributed by atoms with van der Waals surface area (Å²) >= 11 is 2.83. The van der Waals surface area contributed by atoms with Gasteiger partial charge in [-0.3, -0.25) is 0 Å². The van der Waals surface area contributed by atoms with Gasteiger partial charge < -0.3 is 4.74 Å². The highest BCUT2D eigenvalue weighted by atomic mass is 32.2. The summed E-state index contributed by atoms with van der Waals surface area (Å²) in [5.41, 5.74) is 3.05. The van der Waals surface area contributed by atoms with Gasteiger partial charge in [-0.05, 0) is 30.5 Å². The molecule has 0 atom stereocenters. The number of esters is 1. The van der Waals surface area contributed by atoms with Crippen LogP contribution >= 0.6 is 22.7 Å². The normalized spacial score (nSPS) is 11.5. The molecule has 0 unspecified atom stereocenters. The van der Waals surface area contributed by atoms with Crippen LogP contribution in [0.25, 0.3) is 10.6 Å². The van der Waals surface area contributed by atoms with E-state index in [-0.39, 0.29) is 6.61 Å². The molecule has 0 aliphatic heterocycles. The Morgan fingerprint density at radius 3 is 2.62 bits per heavy atom. The Kier molecular flexibility index (Phi) is 7.18. The standard InChI is InChI=1S/C20H22N2O4S3/c1-3-14-4-6-15(7-5-14)19-22-16(13-27-19)12-26-20(23)18-9-8-17(28-18)10-11-21-29(2,24)25/h4-9,13,21H,3,10-12H2,1-2H3. The quantitative estimate of drug-likeness (QED) is 0.500. The smallest absolute Gasteiger partial charge is 0.348 e. The fourth-order valence-electron chi connectivity index (χ4n) is 2.58. The molecule has 0 aliphatic rings. The first-order chi connectivity index (χ1) is 13.8. The highest BCUT2D eigenvalue weighted by molar-refractivity contribution is 7.88. The number of aryl methyl sites for hydroxylation is 1. The van der Waals surface area contributed by atoms with Gasteiger partial charge in [-0.15, -0.1) is 22.7 Å². The molecule has 6 nitrogen and oxygen atoms in total. The second-order valence-electron chi connectivity index (χ2n) is 6.45. The van der Waals surface area contributed by atoms with Gasteiger partial charge >= 0.3 is 5.97 Å². The van der Waals surface area contributed by atoms with Crippen LogP contribution < -0.4 is 4.72 Å². The molecule has 3 aromatic rings. The molecule has 0 amide bonds. The summed E-state index contributed by atoms with van der Waals surface area (Å²) in [5.74, 6) is -0.404. The van der Waals surface area contributed by atoms with Crippen molar-refractivity contribution in [2.24, 2.45) is 0 Å². The number of carbonyl (C=O) groups excluding carboxylic acids is 1. The first kappa shape index (κ1) is 21.6. The Hall–Kier alpha value is -2.07. The lowest BCUT2D eigenvalue weighted by molar-refractivity contribution is 0.0474. The van der Waals surface area contributed by atoms with Crippen LogP contribution in [0, 0.1) is 0 Å². The number of benzene rings is 1. The van der Waals surface area contributed by atoms with Crippen molar-refractivity contribution in [2.45, 2.75) is 26.4 Å². The second kappa shape index (κ2) is 9.62. The number of sulfonamides is 1. The summed E-state index contributed by atoms with van der Waals surface area (Å²) in [6.45, 7) is 2.54. The predicted molar refractivity (Wildman–Crippen MR) is 117 cm³/mol. The minimum atomic E-state index is -3.21. The maximum atomic E-state index is 12.3. The van der Waals surface area contributed by atoms with E-state index in [4.69, 9.17) is 4.74 Å². The average molecular weight is 451 g/mol. The van der Waals surface area contributed by atoms with Gasteiger partial charge in [0.05, 0.1) is 11.9 Å². The van der Waals surface area contributed by atoms with E-state index < -0.39 is 16.0 Å². The number of rotatable bonds is 9. The van der Waals surface area contributed by atoms with E-state index in [0.717, 1.165) is 28.1 Å². The zero-order valence-corrected chi connectivity index (χ0v) is 18.6. The van der Waals surface area contributed by atoms with Gasteiger partial charge in [0.2, 0.25) is 10.0 Å². The zero-order chi connectivity index (χ0) is 20.9. The Morgan fingerprint density at radius 2 is 1.93 bits per heavy atom. The van der Waals surface area contributed by atoms with Crippen LogP contribution in [0.4, 0.5) is 0 Å². The Morgan fingerprint density at radius 1 is 1.17 bits per heavy atom. The molecular weight excluding hydrogens is 428 g/mol. The summed E-state index contributed by atoms with van der Waals surface area (Å²) < 4.78 is 30.0. The second-order valence-corrected chi connectivity index (χ2v) is 10.3. The molecule has 1 aromatic carbocycles. The van der Waals surface area contributed by atoms with Gasteiger partial charge in [0.25, 0.3) is 0 Å². The molecule has 9 heteroatoms. The summed E-state index contributed by atoms with van der Waals surface area (Å²) in [6, 6.07) is 11.8. The molecule has 154 valence electrons. The van der Waals surface area contributed by atoms with Crippen molar-refractivity contribution in [1.82, 2.24) is 9.71 Å². The fraction of sp³-hybridized carbons (Fsp3) is 0.300. The number of hydrogen-bond donors (Lipinski definition) is 1. The molecule has 0 spiro atoms. The van der Waals surface area contributed by atoms with E-state index in [0.29, 0.717) is 23.5 Å². The van der Waals surface area contributed by atoms with Gasteiger partial charge in [0, 0.05) is 22.4 Å². The third-order valence-electron chi connectivity index (χ3n) is 4.11. The van der Waals surface area contributed by atoms with Crippen molar-refractivity contribution in [3.05, 3.63) is 62.8 Å². The minimum Gasteiger partial charge on any atom is -0.455 e. The van der Waals surface area contributed by atoms with Crippen LogP contribution in [0.5, 0.6) is 0 Å². The van der Waals surface area contributed by atoms with Gasteiger partial charge in [-0.1, -0.05) is 31.2 Å². The van der Waals surface area contributed by atoms with Crippen LogP contribution in [0.2, 0.25) is 0 Å². The van der Waals surface area contributed by atoms with Crippen molar-refractivity contribution in [3.63, 3.8) is 0 Å². The van der Waals surface area contributed by atoms with Gasteiger partial charge in [0.15, 0.2) is 0 Å². The molecule has 0 aliphatic carbocycles. The monoisotopic (exact) mass is 450 g/mol. The molecule has 0 saturated carbocycles. The van der Waals surface area contributed by atoms with Gasteiger partial charge in [0.1, 0.15) is 16.5 Å². The SMILES string of the molecule is CCc1ccc(-c2nc(COC(=O)c3ccc(CCNS(C)(=O)=O)s3)cs2)cc1. The minimum absolute atomic E-state index is 0.116. The van der Waals surface area contributed by atoms with E-state index in [2.05, 4.69) is 40.9 Å². The van der Waals surface area contributed by atoms with E-state index in [1.165, 1.54) is 28.2 Å². The van der Waals surface area contributed by atoms with Gasteiger partial charge in [-0.25, -0.2) is 22.9 Å². The zero-order valence-electron chi connectivity index (χ0n) is 16.2. The molecular formula is C20H22N2O4S3. The van der Waals surface area contributed by atoms with Crippen molar-refractivity contribution in [2.75, 3.05) is 12.8 Å². The first-order valence-corrected chi connectivity index (χ1v) is 12.7. The molecule has 1 N–H and O–H groups in total. The summed E-state index contributed by atoms with van der Waals surface area (Å²) in [7, 11) is -3.21. The Bertz CT molecular complexity index is 1070. The number of thiazole rings is 1. The van der Waals surface area contributed by atoms with E-state index in [9.17, 15) is 13.2 Å². The number of nitrogens with zero attached hydrogens (tertiary/aromatic N) is 1. The third kappa shape index (κ3) is 6.46. The number of nitrogens with one attached hydrogen (secondary N) is 1. The molecule has 0 fully saturated rings. The average Bonchev–Trinajstić information content (AvgIpc) is 3.35. The van der Waals surface area contributed by atoms with Crippen molar-refractivity contribution >= 4 is 38.7 Å². The van der Waals surface area contributed by atoms with Crippen molar-refractivity contribution in [3.8, 4) is 10.6 Å². The summed E-state index contributed by atoms with van der Waals surface area (Å²) in [6.07, 6.45) is 2.64. The van der Waals surface area contributed by atoms with Crippen molar-refractivity contribution < 1.29 is 17.9 Å².